The van der Waals surface area contributed by atoms with Crippen molar-refractivity contribution in [2.45, 2.75) is 19.6 Å². The number of hydrogen-bond acceptors (Lipinski definition) is 3. The molecule has 106 valence electrons. The van der Waals surface area contributed by atoms with Gasteiger partial charge in [-0.15, -0.1) is 0 Å². The number of phenolic OH excluding ortho intramolecular Hbond substituents is 1. The third-order valence-corrected chi connectivity index (χ3v) is 3.16. The topological polar surface area (TPSA) is 41.5 Å². The molecule has 0 spiro atoms. The molecule has 0 saturated carbocycles. The molecule has 0 heterocycles. The number of benzene rings is 2. The fraction of sp³-hybridized carbons (Fsp3) is 0.294. The van der Waals surface area contributed by atoms with Crippen molar-refractivity contribution >= 4 is 0 Å². The molecule has 0 aliphatic rings. The average molecular weight is 271 g/mol. The summed E-state index contributed by atoms with van der Waals surface area (Å²) >= 11 is 0. The van der Waals surface area contributed by atoms with E-state index in [9.17, 15) is 5.11 Å². The molecular formula is C17H21NO2. The van der Waals surface area contributed by atoms with Crippen LogP contribution >= 0.6 is 0 Å². The van der Waals surface area contributed by atoms with E-state index in [1.165, 1.54) is 16.7 Å². The Bertz CT molecular complexity index is 523. The van der Waals surface area contributed by atoms with Crippen LogP contribution in [0.5, 0.6) is 5.75 Å². The van der Waals surface area contributed by atoms with Crippen molar-refractivity contribution in [3.63, 3.8) is 0 Å². The minimum absolute atomic E-state index is 0.316. The molecular weight excluding hydrogens is 250 g/mol. The lowest BCUT2D eigenvalue weighted by molar-refractivity contribution is 0.185. The number of ether oxygens (including phenoxy) is 1. The van der Waals surface area contributed by atoms with Crippen molar-refractivity contribution in [2.75, 3.05) is 13.7 Å². The largest absolute Gasteiger partial charge is 0.508 e. The minimum Gasteiger partial charge on any atom is -0.508 e. The highest BCUT2D eigenvalue weighted by Crippen LogP contribution is 2.10. The number of phenols is 1. The monoisotopic (exact) mass is 271 g/mol. The average Bonchev–Trinajstić information content (AvgIpc) is 2.46. The third-order valence-electron chi connectivity index (χ3n) is 3.16. The summed E-state index contributed by atoms with van der Waals surface area (Å²) in [6, 6.07) is 15.8. The number of aromatic hydroxyl groups is 1. The van der Waals surface area contributed by atoms with Crippen molar-refractivity contribution in [3.8, 4) is 5.75 Å². The van der Waals surface area contributed by atoms with Crippen molar-refractivity contribution in [2.24, 2.45) is 0 Å². The lowest BCUT2D eigenvalue weighted by atomic mass is 10.1. The smallest absolute Gasteiger partial charge is 0.115 e. The van der Waals surface area contributed by atoms with E-state index in [2.05, 4.69) is 29.6 Å². The van der Waals surface area contributed by atoms with Crippen LogP contribution in [-0.2, 0) is 24.3 Å². The summed E-state index contributed by atoms with van der Waals surface area (Å²) in [5, 5.41) is 12.7. The first-order valence-corrected chi connectivity index (χ1v) is 6.83. The summed E-state index contributed by atoms with van der Waals surface area (Å²) in [5.41, 5.74) is 3.69. The Morgan fingerprint density at radius 3 is 2.50 bits per heavy atom. The zero-order valence-corrected chi connectivity index (χ0v) is 11.8. The van der Waals surface area contributed by atoms with E-state index in [0.29, 0.717) is 12.4 Å². The van der Waals surface area contributed by atoms with Crippen LogP contribution in [0.4, 0.5) is 0 Å². The van der Waals surface area contributed by atoms with Crippen LogP contribution < -0.4 is 5.32 Å². The molecule has 0 aliphatic carbocycles. The van der Waals surface area contributed by atoms with Crippen molar-refractivity contribution in [1.29, 1.82) is 0 Å². The number of nitrogens with one attached hydrogen (secondary N) is 1. The Hall–Kier alpha value is -1.84. The standard InChI is InChI=1S/C17H21NO2/c1-20-13-16-4-2-3-15(11-16)12-18-10-9-14-5-7-17(19)8-6-14/h2-8,11,18-19H,9-10,12-13H2,1H3. The number of methoxy groups -OCH3 is 1. The summed E-state index contributed by atoms with van der Waals surface area (Å²) in [5.74, 6) is 0.316. The highest BCUT2D eigenvalue weighted by molar-refractivity contribution is 5.26. The first-order chi connectivity index (χ1) is 9.78. The molecule has 0 aromatic heterocycles. The third kappa shape index (κ3) is 4.68. The summed E-state index contributed by atoms with van der Waals surface area (Å²) in [7, 11) is 1.71. The van der Waals surface area contributed by atoms with Gasteiger partial charge in [-0.3, -0.25) is 0 Å². The maximum atomic E-state index is 9.22. The van der Waals surface area contributed by atoms with E-state index >= 15 is 0 Å². The zero-order chi connectivity index (χ0) is 14.2. The SMILES string of the molecule is COCc1cccc(CNCCc2ccc(O)cc2)c1. The first-order valence-electron chi connectivity index (χ1n) is 6.83. The fourth-order valence-corrected chi connectivity index (χ4v) is 2.12. The molecule has 0 amide bonds. The zero-order valence-electron chi connectivity index (χ0n) is 11.8. The van der Waals surface area contributed by atoms with E-state index in [-0.39, 0.29) is 0 Å². The fourth-order valence-electron chi connectivity index (χ4n) is 2.12. The van der Waals surface area contributed by atoms with Crippen LogP contribution in [0.2, 0.25) is 0 Å². The van der Waals surface area contributed by atoms with Gasteiger partial charge in [0.15, 0.2) is 0 Å². The van der Waals surface area contributed by atoms with Gasteiger partial charge in [-0.2, -0.15) is 0 Å². The number of rotatable bonds is 7. The van der Waals surface area contributed by atoms with Crippen molar-refractivity contribution in [1.82, 2.24) is 5.32 Å². The predicted molar refractivity (Wildman–Crippen MR) is 80.7 cm³/mol. The molecule has 0 fully saturated rings. The molecule has 0 atom stereocenters. The lowest BCUT2D eigenvalue weighted by Crippen LogP contribution is -2.16. The van der Waals surface area contributed by atoms with Crippen molar-refractivity contribution in [3.05, 3.63) is 65.2 Å². The van der Waals surface area contributed by atoms with Gasteiger partial charge in [0.25, 0.3) is 0 Å². The molecule has 2 aromatic carbocycles. The van der Waals surface area contributed by atoms with Crippen LogP contribution in [0.1, 0.15) is 16.7 Å². The van der Waals surface area contributed by atoms with E-state index < -0.39 is 0 Å². The van der Waals surface area contributed by atoms with Crippen LogP contribution in [0.3, 0.4) is 0 Å². The second-order valence-corrected chi connectivity index (χ2v) is 4.85. The highest BCUT2D eigenvalue weighted by atomic mass is 16.5. The van der Waals surface area contributed by atoms with Gasteiger partial charge in [-0.25, -0.2) is 0 Å². The minimum atomic E-state index is 0.316. The molecule has 0 saturated heterocycles. The quantitative estimate of drug-likeness (QED) is 0.761. The van der Waals surface area contributed by atoms with Gasteiger partial charge >= 0.3 is 0 Å². The predicted octanol–water partition coefficient (Wildman–Crippen LogP) is 2.87. The van der Waals surface area contributed by atoms with Gasteiger partial charge in [0.1, 0.15) is 5.75 Å². The maximum absolute atomic E-state index is 9.22. The van der Waals surface area contributed by atoms with Gasteiger partial charge in [0, 0.05) is 13.7 Å². The lowest BCUT2D eigenvalue weighted by Gasteiger charge is -2.07. The molecule has 2 aromatic rings. The summed E-state index contributed by atoms with van der Waals surface area (Å²) in [4.78, 5) is 0. The summed E-state index contributed by atoms with van der Waals surface area (Å²) < 4.78 is 5.14. The van der Waals surface area contributed by atoms with Crippen molar-refractivity contribution < 1.29 is 9.84 Å². The Morgan fingerprint density at radius 1 is 1.00 bits per heavy atom. The highest BCUT2D eigenvalue weighted by Gasteiger charge is 1.97. The maximum Gasteiger partial charge on any atom is 0.115 e. The van der Waals surface area contributed by atoms with Crippen LogP contribution in [0.15, 0.2) is 48.5 Å². The summed E-state index contributed by atoms with van der Waals surface area (Å²) in [6.07, 6.45) is 0.956. The molecule has 0 radical (unpaired) electrons. The summed E-state index contributed by atoms with van der Waals surface area (Å²) in [6.45, 7) is 2.43. The Labute approximate surface area is 120 Å². The van der Waals surface area contributed by atoms with Gasteiger partial charge in [0.05, 0.1) is 6.61 Å². The van der Waals surface area contributed by atoms with Gasteiger partial charge < -0.3 is 15.2 Å². The van der Waals surface area contributed by atoms with Gasteiger partial charge in [-0.1, -0.05) is 36.4 Å². The van der Waals surface area contributed by atoms with Crippen LogP contribution in [0, 0.1) is 0 Å². The molecule has 0 aliphatic heterocycles. The molecule has 20 heavy (non-hydrogen) atoms. The van der Waals surface area contributed by atoms with Gasteiger partial charge in [0.2, 0.25) is 0 Å². The Morgan fingerprint density at radius 2 is 1.75 bits per heavy atom. The Kier molecular flexibility index (Phi) is 5.59. The van der Waals surface area contributed by atoms with Crippen LogP contribution in [0.25, 0.3) is 0 Å². The van der Waals surface area contributed by atoms with E-state index in [1.54, 1.807) is 19.2 Å². The second-order valence-electron chi connectivity index (χ2n) is 4.85. The molecule has 3 nitrogen and oxygen atoms in total. The Balaban J connectivity index is 1.75. The van der Waals surface area contributed by atoms with E-state index in [0.717, 1.165) is 19.5 Å². The molecule has 3 heteroatoms. The van der Waals surface area contributed by atoms with Crippen LogP contribution in [-0.4, -0.2) is 18.8 Å². The molecule has 0 bridgehead atoms. The normalized spacial score (nSPS) is 10.7. The van der Waals surface area contributed by atoms with E-state index in [4.69, 9.17) is 4.74 Å². The van der Waals surface area contributed by atoms with Gasteiger partial charge in [-0.05, 0) is 41.8 Å². The van der Waals surface area contributed by atoms with E-state index in [1.807, 2.05) is 12.1 Å². The molecule has 0 unspecified atom stereocenters. The molecule has 2 rings (SSSR count). The molecule has 2 N–H and O–H groups in total. The number of hydrogen-bond donors (Lipinski definition) is 2. The second kappa shape index (κ2) is 7.68. The first kappa shape index (κ1) is 14.6.